The number of alkyl carbamates (subject to hydrolysis) is 1. The van der Waals surface area contributed by atoms with Crippen LogP contribution in [0.5, 0.6) is 5.75 Å². The highest BCUT2D eigenvalue weighted by Crippen LogP contribution is 2.48. The predicted molar refractivity (Wildman–Crippen MR) is 123 cm³/mol. The van der Waals surface area contributed by atoms with E-state index in [1.807, 2.05) is 48.5 Å². The van der Waals surface area contributed by atoms with Crippen LogP contribution in [0.25, 0.3) is 0 Å². The summed E-state index contributed by atoms with van der Waals surface area (Å²) < 4.78 is 16.8. The summed E-state index contributed by atoms with van der Waals surface area (Å²) >= 11 is 0. The Morgan fingerprint density at radius 3 is 2.44 bits per heavy atom. The largest absolute Gasteiger partial charge is 0.497 e. The van der Waals surface area contributed by atoms with Crippen LogP contribution < -0.4 is 10.1 Å². The SMILES string of the molecule is COc1ccc2c(c1)C(OC(=O)[C@H](Cc1ccccc1)NC(=O)OC(C)(C)C)C(C)(C)C2. The van der Waals surface area contributed by atoms with Gasteiger partial charge in [-0.25, -0.2) is 9.59 Å². The molecule has 0 radical (unpaired) electrons. The fraction of sp³-hybridized carbons (Fsp3) is 0.462. The molecular formula is C26H33NO5. The van der Waals surface area contributed by atoms with E-state index in [2.05, 4.69) is 19.2 Å². The third-order valence-corrected chi connectivity index (χ3v) is 5.48. The number of hydrogen-bond donors (Lipinski definition) is 1. The van der Waals surface area contributed by atoms with Gasteiger partial charge in [-0.15, -0.1) is 0 Å². The Hall–Kier alpha value is -3.02. The zero-order valence-electron chi connectivity index (χ0n) is 19.7. The van der Waals surface area contributed by atoms with E-state index in [1.165, 1.54) is 0 Å². The molecule has 3 rings (SSSR count). The molecule has 1 unspecified atom stereocenters. The van der Waals surface area contributed by atoms with Crippen molar-refractivity contribution in [2.45, 2.75) is 65.2 Å². The zero-order chi connectivity index (χ0) is 23.5. The Morgan fingerprint density at radius 1 is 1.12 bits per heavy atom. The topological polar surface area (TPSA) is 73.9 Å². The molecule has 6 heteroatoms. The van der Waals surface area contributed by atoms with Crippen molar-refractivity contribution in [1.29, 1.82) is 0 Å². The number of rotatable bonds is 6. The van der Waals surface area contributed by atoms with E-state index in [4.69, 9.17) is 14.2 Å². The van der Waals surface area contributed by atoms with Gasteiger partial charge in [0.05, 0.1) is 7.11 Å². The number of ether oxygens (including phenoxy) is 3. The molecular weight excluding hydrogens is 406 g/mol. The lowest BCUT2D eigenvalue weighted by Crippen LogP contribution is -2.46. The van der Waals surface area contributed by atoms with Crippen LogP contribution in [-0.2, 0) is 27.1 Å². The molecule has 172 valence electrons. The van der Waals surface area contributed by atoms with Gasteiger partial charge in [0, 0.05) is 11.8 Å². The molecule has 6 nitrogen and oxygen atoms in total. The van der Waals surface area contributed by atoms with Crippen LogP contribution in [0, 0.1) is 5.41 Å². The Morgan fingerprint density at radius 2 is 1.81 bits per heavy atom. The maximum Gasteiger partial charge on any atom is 0.408 e. The van der Waals surface area contributed by atoms with Crippen molar-refractivity contribution in [2.24, 2.45) is 5.41 Å². The number of fused-ring (bicyclic) bond motifs is 1. The van der Waals surface area contributed by atoms with Crippen molar-refractivity contribution >= 4 is 12.1 Å². The summed E-state index contributed by atoms with van der Waals surface area (Å²) in [7, 11) is 1.61. The molecule has 0 aromatic heterocycles. The van der Waals surface area contributed by atoms with E-state index in [-0.39, 0.29) is 5.41 Å². The Balaban J connectivity index is 1.83. The highest BCUT2D eigenvalue weighted by Gasteiger charge is 2.43. The molecule has 32 heavy (non-hydrogen) atoms. The highest BCUT2D eigenvalue weighted by molar-refractivity contribution is 5.82. The lowest BCUT2D eigenvalue weighted by molar-refractivity contribution is -0.157. The van der Waals surface area contributed by atoms with Crippen molar-refractivity contribution in [2.75, 3.05) is 7.11 Å². The Labute approximate surface area is 190 Å². The van der Waals surface area contributed by atoms with Gasteiger partial charge in [0.25, 0.3) is 0 Å². The maximum absolute atomic E-state index is 13.3. The average Bonchev–Trinajstić information content (AvgIpc) is 2.95. The predicted octanol–water partition coefficient (Wildman–Crippen LogP) is 5.00. The normalized spacial score (nSPS) is 17.8. The van der Waals surface area contributed by atoms with E-state index in [0.29, 0.717) is 6.42 Å². The van der Waals surface area contributed by atoms with Crippen molar-refractivity contribution in [3.8, 4) is 5.75 Å². The van der Waals surface area contributed by atoms with Crippen LogP contribution in [0.1, 0.15) is 57.4 Å². The van der Waals surface area contributed by atoms with Gasteiger partial charge < -0.3 is 19.5 Å². The van der Waals surface area contributed by atoms with Crippen molar-refractivity contribution < 1.29 is 23.8 Å². The quantitative estimate of drug-likeness (QED) is 0.642. The first-order valence-electron chi connectivity index (χ1n) is 10.9. The van der Waals surface area contributed by atoms with Crippen LogP contribution in [0.4, 0.5) is 4.79 Å². The monoisotopic (exact) mass is 439 g/mol. The minimum atomic E-state index is -0.877. The first kappa shape index (κ1) is 23.6. The molecule has 0 spiro atoms. The van der Waals surface area contributed by atoms with Gasteiger partial charge >= 0.3 is 12.1 Å². The summed E-state index contributed by atoms with van der Waals surface area (Å²) in [4.78, 5) is 25.8. The second kappa shape index (κ2) is 9.23. The molecule has 1 N–H and O–H groups in total. The number of carbonyl (C=O) groups excluding carboxylic acids is 2. The number of esters is 1. The first-order chi connectivity index (χ1) is 15.0. The summed E-state index contributed by atoms with van der Waals surface area (Å²) in [5.74, 6) is 0.226. The first-order valence-corrected chi connectivity index (χ1v) is 10.9. The molecule has 0 saturated carbocycles. The van der Waals surface area contributed by atoms with Gasteiger partial charge in [-0.1, -0.05) is 50.2 Å². The summed E-state index contributed by atoms with van der Waals surface area (Å²) in [6, 6.07) is 14.5. The van der Waals surface area contributed by atoms with Gasteiger partial charge in [0.15, 0.2) is 0 Å². The fourth-order valence-corrected chi connectivity index (χ4v) is 4.02. The lowest BCUT2D eigenvalue weighted by atomic mass is 9.87. The van der Waals surface area contributed by atoms with Gasteiger partial charge in [0.2, 0.25) is 0 Å². The van der Waals surface area contributed by atoms with E-state index in [0.717, 1.165) is 28.9 Å². The standard InChI is InChI=1S/C26H33NO5/c1-25(2,3)32-24(29)27-21(14-17-10-8-7-9-11-17)23(28)31-22-20-15-19(30-6)13-12-18(20)16-26(22,4)5/h7-13,15,21-22H,14,16H2,1-6H3,(H,27,29)/t21-,22?/m0/s1. The minimum Gasteiger partial charge on any atom is -0.497 e. The van der Waals surface area contributed by atoms with Crippen molar-refractivity contribution in [1.82, 2.24) is 5.32 Å². The number of carbonyl (C=O) groups is 2. The van der Waals surface area contributed by atoms with Crippen LogP contribution in [0.3, 0.4) is 0 Å². The molecule has 0 fully saturated rings. The zero-order valence-corrected chi connectivity index (χ0v) is 19.7. The van der Waals surface area contributed by atoms with Crippen LogP contribution >= 0.6 is 0 Å². The summed E-state index contributed by atoms with van der Waals surface area (Å²) in [6.45, 7) is 9.49. The van der Waals surface area contributed by atoms with Gasteiger partial charge in [-0.2, -0.15) is 0 Å². The summed E-state index contributed by atoms with van der Waals surface area (Å²) in [5, 5.41) is 2.71. The number of methoxy groups -OCH3 is 1. The van der Waals surface area contributed by atoms with Gasteiger partial charge in [-0.3, -0.25) is 0 Å². The van der Waals surface area contributed by atoms with E-state index < -0.39 is 29.8 Å². The third kappa shape index (κ3) is 5.81. The van der Waals surface area contributed by atoms with Crippen LogP contribution in [0.2, 0.25) is 0 Å². The third-order valence-electron chi connectivity index (χ3n) is 5.48. The van der Waals surface area contributed by atoms with Crippen LogP contribution in [-0.4, -0.2) is 30.8 Å². The second-order valence-corrected chi connectivity index (χ2v) is 9.94. The fourth-order valence-electron chi connectivity index (χ4n) is 4.02. The molecule has 1 amide bonds. The molecule has 1 aliphatic carbocycles. The highest BCUT2D eigenvalue weighted by atomic mass is 16.6. The molecule has 0 aliphatic heterocycles. The van der Waals surface area contributed by atoms with E-state index in [1.54, 1.807) is 27.9 Å². The summed E-state index contributed by atoms with van der Waals surface area (Å²) in [5.41, 5.74) is 2.03. The molecule has 0 saturated heterocycles. The van der Waals surface area contributed by atoms with E-state index >= 15 is 0 Å². The average molecular weight is 440 g/mol. The van der Waals surface area contributed by atoms with E-state index in [9.17, 15) is 9.59 Å². The molecule has 2 atom stereocenters. The molecule has 0 bridgehead atoms. The van der Waals surface area contributed by atoms with Crippen LogP contribution in [0.15, 0.2) is 48.5 Å². The second-order valence-electron chi connectivity index (χ2n) is 9.94. The van der Waals surface area contributed by atoms with Gasteiger partial charge in [-0.05, 0) is 56.0 Å². The maximum atomic E-state index is 13.3. The Bertz CT molecular complexity index is 962. The number of amides is 1. The van der Waals surface area contributed by atoms with Crippen molar-refractivity contribution in [3.63, 3.8) is 0 Å². The molecule has 0 heterocycles. The smallest absolute Gasteiger partial charge is 0.408 e. The summed E-state index contributed by atoms with van der Waals surface area (Å²) in [6.07, 6.45) is -0.00797. The number of benzene rings is 2. The molecule has 2 aromatic carbocycles. The number of hydrogen-bond acceptors (Lipinski definition) is 5. The Kier molecular flexibility index (Phi) is 6.82. The molecule has 1 aliphatic rings. The number of nitrogens with one attached hydrogen (secondary N) is 1. The van der Waals surface area contributed by atoms with Crippen molar-refractivity contribution in [3.05, 3.63) is 65.2 Å². The molecule has 2 aromatic rings. The van der Waals surface area contributed by atoms with Gasteiger partial charge in [0.1, 0.15) is 23.5 Å². The minimum absolute atomic E-state index is 0.284. The lowest BCUT2D eigenvalue weighted by Gasteiger charge is -2.29.